The maximum absolute atomic E-state index is 2.30. The van der Waals surface area contributed by atoms with E-state index in [0.29, 0.717) is 0 Å². The summed E-state index contributed by atoms with van der Waals surface area (Å²) in [5, 5.41) is 0. The van der Waals surface area contributed by atoms with E-state index in [1.54, 1.807) is 0 Å². The molecule has 1 heterocycles. The van der Waals surface area contributed by atoms with Crippen LogP contribution in [0.2, 0.25) is 0 Å². The van der Waals surface area contributed by atoms with Crippen molar-refractivity contribution < 1.29 is 0 Å². The van der Waals surface area contributed by atoms with Gasteiger partial charge in [-0.2, -0.15) is 0 Å². The number of hydrogen-bond donors (Lipinski definition) is 0. The Morgan fingerprint density at radius 2 is 1.19 bits per heavy atom. The smallest absolute Gasteiger partial charge is 0.0444 e. The van der Waals surface area contributed by atoms with Gasteiger partial charge in [0.2, 0.25) is 0 Å². The molecule has 0 saturated carbocycles. The molecule has 0 aliphatic carbocycles. The van der Waals surface area contributed by atoms with Gasteiger partial charge in [-0.05, 0) is 58.3 Å². The molecule has 0 unspecified atom stereocenters. The van der Waals surface area contributed by atoms with Crippen molar-refractivity contribution in [1.29, 1.82) is 0 Å². The summed E-state index contributed by atoms with van der Waals surface area (Å²) < 4.78 is 0. The van der Waals surface area contributed by atoms with Crippen LogP contribution in [0, 0.1) is 13.8 Å². The van der Waals surface area contributed by atoms with E-state index in [2.05, 4.69) is 62.2 Å². The summed E-state index contributed by atoms with van der Waals surface area (Å²) in [7, 11) is 8.15. The van der Waals surface area contributed by atoms with Gasteiger partial charge in [0.15, 0.2) is 0 Å². The normalized spacial score (nSPS) is 12.4. The third kappa shape index (κ3) is 3.64. The molecule has 2 aromatic carbocycles. The van der Waals surface area contributed by atoms with Crippen molar-refractivity contribution in [3.8, 4) is 0 Å². The maximum atomic E-state index is 2.30. The van der Waals surface area contributed by atoms with E-state index in [-0.39, 0.29) is 0 Å². The summed E-state index contributed by atoms with van der Waals surface area (Å²) in [6, 6.07) is 13.4. The van der Waals surface area contributed by atoms with E-state index in [4.69, 9.17) is 0 Å². The first-order chi connectivity index (χ1) is 9.88. The second kappa shape index (κ2) is 6.31. The van der Waals surface area contributed by atoms with Gasteiger partial charge in [0.1, 0.15) is 0 Å². The van der Waals surface area contributed by atoms with E-state index in [1.807, 2.05) is 26.0 Å². The number of nitrogens with zero attached hydrogens (tertiary/aromatic N) is 2. The zero-order chi connectivity index (χ0) is 15.6. The van der Waals surface area contributed by atoms with Crippen molar-refractivity contribution in [1.82, 2.24) is 4.90 Å². The minimum atomic E-state index is 1.05. The van der Waals surface area contributed by atoms with Gasteiger partial charge in [0.25, 0.3) is 0 Å². The van der Waals surface area contributed by atoms with Gasteiger partial charge in [-0.25, -0.2) is 0 Å². The van der Waals surface area contributed by atoms with Gasteiger partial charge >= 0.3 is 0 Å². The Labute approximate surface area is 129 Å². The number of anilines is 2. The number of rotatable bonds is 0. The van der Waals surface area contributed by atoms with Crippen LogP contribution in [0.3, 0.4) is 0 Å². The summed E-state index contributed by atoms with van der Waals surface area (Å²) in [5.74, 6) is 0. The summed E-state index contributed by atoms with van der Waals surface area (Å²) in [5.41, 5.74) is 8.23. The Balaban J connectivity index is 0.000000361. The maximum Gasteiger partial charge on any atom is 0.0444 e. The fourth-order valence-electron chi connectivity index (χ4n) is 2.70. The molecular weight excluding hydrogens is 256 g/mol. The first kappa shape index (κ1) is 15.6. The molecule has 112 valence electrons. The Kier molecular flexibility index (Phi) is 4.69. The van der Waals surface area contributed by atoms with Gasteiger partial charge in [-0.15, -0.1) is 0 Å². The van der Waals surface area contributed by atoms with Crippen molar-refractivity contribution in [3.05, 3.63) is 58.7 Å². The minimum Gasteiger partial charge on any atom is -0.344 e. The molecule has 0 radical (unpaired) electrons. The van der Waals surface area contributed by atoms with Crippen LogP contribution in [0.15, 0.2) is 36.4 Å². The summed E-state index contributed by atoms with van der Waals surface area (Å²) in [6.45, 7) is 4.32. The topological polar surface area (TPSA) is 6.48 Å². The average molecular weight is 282 g/mol. The quantitative estimate of drug-likeness (QED) is 0.716. The predicted octanol–water partition coefficient (Wildman–Crippen LogP) is 4.15. The lowest BCUT2D eigenvalue weighted by molar-refractivity contribution is 0.505. The molecule has 0 spiro atoms. The first-order valence-corrected chi connectivity index (χ1v) is 7.42. The zero-order valence-electron chi connectivity index (χ0n) is 14.1. The molecule has 1 aliphatic rings. The Morgan fingerprint density at radius 3 is 1.57 bits per heavy atom. The molecule has 0 fully saturated rings. The van der Waals surface area contributed by atoms with Crippen molar-refractivity contribution >= 4 is 11.4 Å². The lowest BCUT2D eigenvalue weighted by atomic mass is 9.94. The average Bonchev–Trinajstić information content (AvgIpc) is 2.37. The third-order valence-corrected chi connectivity index (χ3v) is 3.57. The fourth-order valence-corrected chi connectivity index (χ4v) is 2.70. The molecule has 21 heavy (non-hydrogen) atoms. The third-order valence-electron chi connectivity index (χ3n) is 3.57. The molecule has 2 nitrogen and oxygen atoms in total. The molecule has 0 saturated heterocycles. The van der Waals surface area contributed by atoms with Gasteiger partial charge in [0, 0.05) is 24.8 Å². The van der Waals surface area contributed by atoms with E-state index >= 15 is 0 Å². The van der Waals surface area contributed by atoms with Gasteiger partial charge < -0.3 is 9.80 Å². The van der Waals surface area contributed by atoms with Gasteiger partial charge in [-0.1, -0.05) is 35.4 Å². The number of fused-ring (bicyclic) bond motifs is 2. The summed E-state index contributed by atoms with van der Waals surface area (Å²) in [6.07, 6.45) is 1.05. The van der Waals surface area contributed by atoms with Crippen LogP contribution in [0.1, 0.15) is 22.3 Å². The van der Waals surface area contributed by atoms with E-state index in [0.717, 1.165) is 6.42 Å². The van der Waals surface area contributed by atoms with E-state index < -0.39 is 0 Å². The first-order valence-electron chi connectivity index (χ1n) is 7.42. The highest BCUT2D eigenvalue weighted by Crippen LogP contribution is 2.37. The molecule has 0 aromatic heterocycles. The fraction of sp³-hybridized carbons (Fsp3) is 0.368. The molecule has 0 N–H and O–H groups in total. The van der Waals surface area contributed by atoms with E-state index in [1.165, 1.54) is 33.6 Å². The van der Waals surface area contributed by atoms with E-state index in [9.17, 15) is 0 Å². The zero-order valence-corrected chi connectivity index (χ0v) is 14.1. The van der Waals surface area contributed by atoms with Crippen LogP contribution < -0.4 is 4.90 Å². The highest BCUT2D eigenvalue weighted by Gasteiger charge is 2.19. The Morgan fingerprint density at radius 1 is 0.810 bits per heavy atom. The molecule has 0 atom stereocenters. The van der Waals surface area contributed by atoms with Crippen molar-refractivity contribution in [2.45, 2.75) is 20.3 Å². The van der Waals surface area contributed by atoms with Crippen molar-refractivity contribution in [3.63, 3.8) is 0 Å². The van der Waals surface area contributed by atoms with Crippen LogP contribution in [-0.4, -0.2) is 33.1 Å². The Bertz CT molecular complexity index is 575. The monoisotopic (exact) mass is 282 g/mol. The van der Waals surface area contributed by atoms with Crippen LogP contribution >= 0.6 is 0 Å². The SMILES string of the molecule is CN(C)C.Cc1ccc2c(c1)Cc1cc(C)ccc1N2C. The molecular formula is C19H26N2. The summed E-state index contributed by atoms with van der Waals surface area (Å²) in [4.78, 5) is 4.30. The number of hydrogen-bond acceptors (Lipinski definition) is 2. The summed E-state index contributed by atoms with van der Waals surface area (Å²) >= 11 is 0. The largest absolute Gasteiger partial charge is 0.344 e. The van der Waals surface area contributed by atoms with Crippen LogP contribution in [0.25, 0.3) is 0 Å². The second-order valence-corrected chi connectivity index (χ2v) is 6.34. The lowest BCUT2D eigenvalue weighted by Gasteiger charge is -2.30. The molecule has 0 bridgehead atoms. The van der Waals surface area contributed by atoms with Crippen LogP contribution in [0.5, 0.6) is 0 Å². The van der Waals surface area contributed by atoms with Crippen molar-refractivity contribution in [2.24, 2.45) is 0 Å². The molecule has 2 heteroatoms. The van der Waals surface area contributed by atoms with Crippen LogP contribution in [-0.2, 0) is 6.42 Å². The standard InChI is InChI=1S/C16H17N.C3H9N/c1-11-4-6-15-13(8-11)10-14-9-12(2)5-7-16(14)17(15)3;1-4(2)3/h4-9H,10H2,1-3H3;1-3H3. The highest BCUT2D eigenvalue weighted by atomic mass is 15.1. The highest BCUT2D eigenvalue weighted by molar-refractivity contribution is 5.74. The Hall–Kier alpha value is -1.80. The molecule has 3 rings (SSSR count). The van der Waals surface area contributed by atoms with Gasteiger partial charge in [-0.3, -0.25) is 0 Å². The van der Waals surface area contributed by atoms with Crippen molar-refractivity contribution in [2.75, 3.05) is 33.1 Å². The predicted molar refractivity (Wildman–Crippen MR) is 92.8 cm³/mol. The number of aryl methyl sites for hydroxylation is 2. The second-order valence-electron chi connectivity index (χ2n) is 6.34. The van der Waals surface area contributed by atoms with Crippen LogP contribution in [0.4, 0.5) is 11.4 Å². The molecule has 0 amide bonds. The van der Waals surface area contributed by atoms with Gasteiger partial charge in [0.05, 0.1) is 0 Å². The molecule has 1 aliphatic heterocycles. The molecule has 2 aromatic rings. The lowest BCUT2D eigenvalue weighted by Crippen LogP contribution is -2.18. The minimum absolute atomic E-state index is 1.05. The number of benzene rings is 2.